The molecule has 0 aromatic heterocycles. The molecule has 0 spiro atoms. The molecule has 1 N–H and O–H groups in total. The van der Waals surface area contributed by atoms with Gasteiger partial charge in [0.05, 0.1) is 22.1 Å². The van der Waals surface area contributed by atoms with Crippen LogP contribution >= 0.6 is 11.6 Å². The fourth-order valence-electron chi connectivity index (χ4n) is 2.31. The third kappa shape index (κ3) is 3.96. The molecule has 2 atom stereocenters. The normalized spacial score (nSPS) is 20.2. The lowest BCUT2D eigenvalue weighted by Gasteiger charge is -2.20. The lowest BCUT2D eigenvalue weighted by Crippen LogP contribution is -2.40. The highest BCUT2D eigenvalue weighted by molar-refractivity contribution is 7.90. The average Bonchev–Trinajstić information content (AvgIpc) is 2.91. The monoisotopic (exact) mass is 331 g/mol. The molecule has 0 bridgehead atoms. The number of carbonyl (C=O) groups is 1. The van der Waals surface area contributed by atoms with E-state index in [4.69, 9.17) is 16.3 Å². The Bertz CT molecular complexity index is 638. The summed E-state index contributed by atoms with van der Waals surface area (Å²) in [6.07, 6.45) is 2.97. The van der Waals surface area contributed by atoms with Crippen LogP contribution in [0.1, 0.15) is 30.1 Å². The molecule has 0 unspecified atom stereocenters. The third-order valence-corrected chi connectivity index (χ3v) is 5.05. The van der Waals surface area contributed by atoms with Crippen molar-refractivity contribution in [1.29, 1.82) is 0 Å². The summed E-state index contributed by atoms with van der Waals surface area (Å²) in [5, 5.41) is 2.95. The quantitative estimate of drug-likeness (QED) is 0.916. The molecule has 1 aromatic rings. The van der Waals surface area contributed by atoms with E-state index in [0.29, 0.717) is 6.61 Å². The van der Waals surface area contributed by atoms with Gasteiger partial charge in [-0.15, -0.1) is 0 Å². The molecule has 1 aromatic carbocycles. The van der Waals surface area contributed by atoms with E-state index in [0.717, 1.165) is 19.1 Å². The van der Waals surface area contributed by atoms with Gasteiger partial charge < -0.3 is 10.1 Å². The zero-order valence-electron chi connectivity index (χ0n) is 11.9. The van der Waals surface area contributed by atoms with Crippen LogP contribution in [0.25, 0.3) is 0 Å². The first-order chi connectivity index (χ1) is 9.79. The maximum atomic E-state index is 12.2. The van der Waals surface area contributed by atoms with E-state index in [9.17, 15) is 13.2 Å². The van der Waals surface area contributed by atoms with Crippen molar-refractivity contribution >= 4 is 27.3 Å². The van der Waals surface area contributed by atoms with Crippen molar-refractivity contribution in [3.8, 4) is 0 Å². The van der Waals surface area contributed by atoms with Crippen LogP contribution in [0.3, 0.4) is 0 Å². The molecular formula is C14H18ClNO4S. The standard InChI is InChI=1S/C14H18ClNO4S/c1-9(12-4-3-7-20-12)16-14(17)10-5-6-11(15)13(8-10)21(2,18)19/h5-6,8-9,12H,3-4,7H2,1-2H3,(H,16,17)/t9-,12+/m0/s1. The number of halogens is 1. The molecule has 1 saturated heterocycles. The fraction of sp³-hybridized carbons (Fsp3) is 0.500. The van der Waals surface area contributed by atoms with Gasteiger partial charge in [-0.2, -0.15) is 0 Å². The first-order valence-corrected chi connectivity index (χ1v) is 8.98. The van der Waals surface area contributed by atoms with Crippen LogP contribution < -0.4 is 5.32 Å². The molecule has 1 aliphatic rings. The van der Waals surface area contributed by atoms with Gasteiger partial charge in [-0.1, -0.05) is 11.6 Å². The topological polar surface area (TPSA) is 72.5 Å². The molecule has 1 amide bonds. The van der Waals surface area contributed by atoms with Gasteiger partial charge in [0.2, 0.25) is 0 Å². The van der Waals surface area contributed by atoms with Crippen LogP contribution in [0.4, 0.5) is 0 Å². The lowest BCUT2D eigenvalue weighted by molar-refractivity contribution is 0.0712. The van der Waals surface area contributed by atoms with Crippen LogP contribution in [0.5, 0.6) is 0 Å². The maximum Gasteiger partial charge on any atom is 0.251 e. The number of sulfone groups is 1. The van der Waals surface area contributed by atoms with Crippen molar-refractivity contribution in [3.63, 3.8) is 0 Å². The van der Waals surface area contributed by atoms with Gasteiger partial charge in [0.1, 0.15) is 0 Å². The molecule has 21 heavy (non-hydrogen) atoms. The van der Waals surface area contributed by atoms with Crippen LogP contribution in [0.2, 0.25) is 5.02 Å². The summed E-state index contributed by atoms with van der Waals surface area (Å²) in [6, 6.07) is 4.10. The van der Waals surface area contributed by atoms with Crippen LogP contribution in [0, 0.1) is 0 Å². The number of hydrogen-bond acceptors (Lipinski definition) is 4. The second kappa shape index (κ2) is 6.34. The SMILES string of the molecule is C[C@H](NC(=O)c1ccc(Cl)c(S(C)(=O)=O)c1)[C@H]1CCCO1. The summed E-state index contributed by atoms with van der Waals surface area (Å²) in [5.41, 5.74) is 0.268. The molecule has 0 saturated carbocycles. The van der Waals surface area contributed by atoms with Gasteiger partial charge in [-0.3, -0.25) is 4.79 Å². The minimum atomic E-state index is -3.47. The summed E-state index contributed by atoms with van der Waals surface area (Å²) in [7, 11) is -3.47. The summed E-state index contributed by atoms with van der Waals surface area (Å²) < 4.78 is 28.8. The van der Waals surface area contributed by atoms with E-state index in [2.05, 4.69) is 5.32 Å². The molecule has 116 valence electrons. The minimum absolute atomic E-state index is 0.00984. The van der Waals surface area contributed by atoms with E-state index in [-0.39, 0.29) is 33.5 Å². The smallest absolute Gasteiger partial charge is 0.251 e. The molecule has 1 aliphatic heterocycles. The number of nitrogens with one attached hydrogen (secondary N) is 1. The van der Waals surface area contributed by atoms with Crippen molar-refractivity contribution in [1.82, 2.24) is 5.32 Å². The van der Waals surface area contributed by atoms with Gasteiger partial charge in [-0.05, 0) is 38.0 Å². The predicted molar refractivity (Wildman–Crippen MR) is 80.5 cm³/mol. The Balaban J connectivity index is 2.16. The van der Waals surface area contributed by atoms with E-state index < -0.39 is 9.84 Å². The Kier molecular flexibility index (Phi) is 4.91. The van der Waals surface area contributed by atoms with Crippen molar-refractivity contribution in [2.24, 2.45) is 0 Å². The van der Waals surface area contributed by atoms with E-state index in [1.807, 2.05) is 6.92 Å². The second-order valence-electron chi connectivity index (χ2n) is 5.23. The minimum Gasteiger partial charge on any atom is -0.376 e. The first kappa shape index (κ1) is 16.3. The van der Waals surface area contributed by atoms with E-state index in [1.165, 1.54) is 18.2 Å². The Morgan fingerprint density at radius 2 is 2.19 bits per heavy atom. The highest BCUT2D eigenvalue weighted by Gasteiger charge is 2.24. The van der Waals surface area contributed by atoms with Gasteiger partial charge in [0.25, 0.3) is 5.91 Å². The Labute approximate surface area is 129 Å². The number of benzene rings is 1. The zero-order chi connectivity index (χ0) is 15.6. The van der Waals surface area contributed by atoms with E-state index in [1.54, 1.807) is 0 Å². The predicted octanol–water partition coefficient (Wildman–Crippen LogP) is 2.04. The maximum absolute atomic E-state index is 12.2. The van der Waals surface area contributed by atoms with Crippen molar-refractivity contribution in [3.05, 3.63) is 28.8 Å². The lowest BCUT2D eigenvalue weighted by atomic mass is 10.1. The molecule has 1 heterocycles. The van der Waals surface area contributed by atoms with Crippen molar-refractivity contribution in [2.45, 2.75) is 36.8 Å². The van der Waals surface area contributed by atoms with Gasteiger partial charge in [0.15, 0.2) is 9.84 Å². The summed E-state index contributed by atoms with van der Waals surface area (Å²) in [5.74, 6) is -0.334. The Morgan fingerprint density at radius 3 is 2.76 bits per heavy atom. The fourth-order valence-corrected chi connectivity index (χ4v) is 3.61. The summed E-state index contributed by atoms with van der Waals surface area (Å²) in [4.78, 5) is 12.2. The molecule has 5 nitrogen and oxygen atoms in total. The van der Waals surface area contributed by atoms with Crippen LogP contribution in [-0.4, -0.2) is 39.3 Å². The number of amides is 1. The average molecular weight is 332 g/mol. The molecular weight excluding hydrogens is 314 g/mol. The number of hydrogen-bond donors (Lipinski definition) is 1. The van der Waals surface area contributed by atoms with Crippen LogP contribution in [0.15, 0.2) is 23.1 Å². The Hall–Kier alpha value is -1.11. The zero-order valence-corrected chi connectivity index (χ0v) is 13.5. The molecule has 2 rings (SSSR count). The summed E-state index contributed by atoms with van der Waals surface area (Å²) in [6.45, 7) is 2.59. The highest BCUT2D eigenvalue weighted by Crippen LogP contribution is 2.23. The number of carbonyl (C=O) groups excluding carboxylic acids is 1. The Morgan fingerprint density at radius 1 is 1.48 bits per heavy atom. The van der Waals surface area contributed by atoms with Crippen molar-refractivity contribution < 1.29 is 17.9 Å². The van der Waals surface area contributed by atoms with Crippen molar-refractivity contribution in [2.75, 3.05) is 12.9 Å². The third-order valence-electron chi connectivity index (χ3n) is 3.47. The van der Waals surface area contributed by atoms with E-state index >= 15 is 0 Å². The highest BCUT2D eigenvalue weighted by atomic mass is 35.5. The van der Waals surface area contributed by atoms with Gasteiger partial charge in [-0.25, -0.2) is 8.42 Å². The number of rotatable bonds is 4. The largest absolute Gasteiger partial charge is 0.376 e. The summed E-state index contributed by atoms with van der Waals surface area (Å²) >= 11 is 5.86. The molecule has 7 heteroatoms. The van der Waals surface area contributed by atoms with Crippen LogP contribution in [-0.2, 0) is 14.6 Å². The second-order valence-corrected chi connectivity index (χ2v) is 7.62. The molecule has 0 aliphatic carbocycles. The molecule has 0 radical (unpaired) electrons. The van der Waals surface area contributed by atoms with Gasteiger partial charge >= 0.3 is 0 Å². The first-order valence-electron chi connectivity index (χ1n) is 6.71. The molecule has 1 fully saturated rings. The van der Waals surface area contributed by atoms with Gasteiger partial charge in [0, 0.05) is 18.4 Å². The number of ether oxygens (including phenoxy) is 1.